The third kappa shape index (κ3) is 2.42. The molecule has 3 nitrogen and oxygen atoms in total. The van der Waals surface area contributed by atoms with E-state index >= 15 is 0 Å². The molecule has 3 N–H and O–H groups in total. The lowest BCUT2D eigenvalue weighted by atomic mass is 9.87. The topological polar surface area (TPSA) is 47.3 Å². The summed E-state index contributed by atoms with van der Waals surface area (Å²) in [6.07, 6.45) is 3.78. The summed E-state index contributed by atoms with van der Waals surface area (Å²) < 4.78 is 5.34. The van der Waals surface area contributed by atoms with Crippen molar-refractivity contribution in [3.63, 3.8) is 0 Å². The maximum absolute atomic E-state index is 6.00. The Kier molecular flexibility index (Phi) is 3.19. The van der Waals surface area contributed by atoms with Gasteiger partial charge in [-0.15, -0.1) is 0 Å². The predicted octanol–water partition coefficient (Wildman–Crippen LogP) is 0.350. The Hall–Kier alpha value is -0.120. The maximum atomic E-state index is 6.00. The Bertz CT molecular complexity index is 157. The van der Waals surface area contributed by atoms with Gasteiger partial charge in [-0.05, 0) is 37.6 Å². The normalized spacial score (nSPS) is 36.7. The minimum Gasteiger partial charge on any atom is -0.381 e. The fourth-order valence-corrected chi connectivity index (χ4v) is 2.42. The average Bonchev–Trinajstić information content (AvgIpc) is 2.54. The molecule has 0 bridgehead atoms. The van der Waals surface area contributed by atoms with Crippen molar-refractivity contribution in [3.05, 3.63) is 0 Å². The summed E-state index contributed by atoms with van der Waals surface area (Å²) in [6, 6.07) is 0.392. The first-order chi connectivity index (χ1) is 6.36. The van der Waals surface area contributed by atoms with E-state index in [4.69, 9.17) is 10.5 Å². The highest BCUT2D eigenvalue weighted by molar-refractivity contribution is 4.85. The molecule has 0 spiro atoms. The lowest BCUT2D eigenvalue weighted by Crippen LogP contribution is -2.31. The summed E-state index contributed by atoms with van der Waals surface area (Å²) in [5.74, 6) is 1.58. The third-order valence-corrected chi connectivity index (χ3v) is 3.37. The highest BCUT2D eigenvalue weighted by Crippen LogP contribution is 2.25. The van der Waals surface area contributed by atoms with Gasteiger partial charge in [0, 0.05) is 25.8 Å². The van der Waals surface area contributed by atoms with Crippen LogP contribution >= 0.6 is 0 Å². The van der Waals surface area contributed by atoms with Crippen molar-refractivity contribution in [2.45, 2.75) is 25.3 Å². The molecule has 2 saturated heterocycles. The van der Waals surface area contributed by atoms with Crippen LogP contribution in [0.5, 0.6) is 0 Å². The second-order valence-electron chi connectivity index (χ2n) is 4.37. The molecule has 2 aliphatic rings. The van der Waals surface area contributed by atoms with Crippen LogP contribution in [-0.4, -0.2) is 32.3 Å². The first-order valence-electron chi connectivity index (χ1n) is 5.40. The largest absolute Gasteiger partial charge is 0.381 e. The van der Waals surface area contributed by atoms with Gasteiger partial charge in [0.2, 0.25) is 0 Å². The lowest BCUT2D eigenvalue weighted by molar-refractivity contribution is 0.0587. The SMILES string of the molecule is N[C@H]1CNC[C@H]1CC1CCOCC1. The van der Waals surface area contributed by atoms with Crippen LogP contribution in [0.1, 0.15) is 19.3 Å². The van der Waals surface area contributed by atoms with Crippen molar-refractivity contribution < 1.29 is 4.74 Å². The summed E-state index contributed by atoms with van der Waals surface area (Å²) in [5.41, 5.74) is 6.00. The van der Waals surface area contributed by atoms with Gasteiger partial charge in [0.05, 0.1) is 0 Å². The van der Waals surface area contributed by atoms with Crippen molar-refractivity contribution in [2.24, 2.45) is 17.6 Å². The Morgan fingerprint density at radius 1 is 1.23 bits per heavy atom. The van der Waals surface area contributed by atoms with Crippen LogP contribution in [0.25, 0.3) is 0 Å². The molecule has 0 unspecified atom stereocenters. The number of nitrogens with one attached hydrogen (secondary N) is 1. The maximum Gasteiger partial charge on any atom is 0.0468 e. The second-order valence-corrected chi connectivity index (χ2v) is 4.37. The molecule has 0 aromatic heterocycles. The van der Waals surface area contributed by atoms with E-state index in [1.807, 2.05) is 0 Å². The van der Waals surface area contributed by atoms with Crippen molar-refractivity contribution in [1.82, 2.24) is 5.32 Å². The van der Waals surface area contributed by atoms with Crippen LogP contribution < -0.4 is 11.1 Å². The molecular formula is C10H20N2O. The van der Waals surface area contributed by atoms with E-state index in [2.05, 4.69) is 5.32 Å². The van der Waals surface area contributed by atoms with Crippen LogP contribution in [0.3, 0.4) is 0 Å². The Labute approximate surface area is 80.0 Å². The molecule has 0 aromatic rings. The van der Waals surface area contributed by atoms with Gasteiger partial charge in [-0.2, -0.15) is 0 Å². The van der Waals surface area contributed by atoms with E-state index in [-0.39, 0.29) is 0 Å². The van der Waals surface area contributed by atoms with Crippen LogP contribution in [0, 0.1) is 11.8 Å². The van der Waals surface area contributed by atoms with Gasteiger partial charge in [0.1, 0.15) is 0 Å². The summed E-state index contributed by atoms with van der Waals surface area (Å²) in [7, 11) is 0. The van der Waals surface area contributed by atoms with Gasteiger partial charge in [0.15, 0.2) is 0 Å². The molecule has 0 aliphatic carbocycles. The number of ether oxygens (including phenoxy) is 1. The zero-order chi connectivity index (χ0) is 9.10. The minimum atomic E-state index is 0.392. The number of hydrogen-bond donors (Lipinski definition) is 2. The molecule has 0 saturated carbocycles. The number of hydrogen-bond acceptors (Lipinski definition) is 3. The van der Waals surface area contributed by atoms with Crippen LogP contribution in [0.15, 0.2) is 0 Å². The van der Waals surface area contributed by atoms with Gasteiger partial charge in [-0.1, -0.05) is 0 Å². The van der Waals surface area contributed by atoms with Crippen LogP contribution in [0.4, 0.5) is 0 Å². The molecule has 0 amide bonds. The Morgan fingerprint density at radius 2 is 2.00 bits per heavy atom. The fourth-order valence-electron chi connectivity index (χ4n) is 2.42. The monoisotopic (exact) mass is 184 g/mol. The van der Waals surface area contributed by atoms with Gasteiger partial charge in [-0.25, -0.2) is 0 Å². The molecule has 3 heteroatoms. The molecule has 0 radical (unpaired) electrons. The molecule has 13 heavy (non-hydrogen) atoms. The first kappa shape index (κ1) is 9.44. The summed E-state index contributed by atoms with van der Waals surface area (Å²) in [6.45, 7) is 4.05. The minimum absolute atomic E-state index is 0.392. The first-order valence-corrected chi connectivity index (χ1v) is 5.40. The Morgan fingerprint density at radius 3 is 2.62 bits per heavy atom. The predicted molar refractivity (Wildman–Crippen MR) is 52.5 cm³/mol. The molecule has 0 aromatic carbocycles. The smallest absolute Gasteiger partial charge is 0.0468 e. The Balaban J connectivity index is 1.75. The molecular weight excluding hydrogens is 164 g/mol. The zero-order valence-corrected chi connectivity index (χ0v) is 8.17. The molecule has 76 valence electrons. The standard InChI is InChI=1S/C10H20N2O/c11-10-7-12-6-9(10)5-8-1-3-13-4-2-8/h8-10,12H,1-7,11H2/t9-,10+/m1/s1. The van der Waals surface area contributed by atoms with Gasteiger partial charge >= 0.3 is 0 Å². The van der Waals surface area contributed by atoms with Crippen molar-refractivity contribution in [2.75, 3.05) is 26.3 Å². The summed E-state index contributed by atoms with van der Waals surface area (Å²) in [4.78, 5) is 0. The quantitative estimate of drug-likeness (QED) is 0.651. The molecule has 2 fully saturated rings. The van der Waals surface area contributed by atoms with Crippen molar-refractivity contribution in [1.29, 1.82) is 0 Å². The molecule has 2 heterocycles. The van der Waals surface area contributed by atoms with E-state index < -0.39 is 0 Å². The number of rotatable bonds is 2. The van der Waals surface area contributed by atoms with Gasteiger partial charge in [-0.3, -0.25) is 0 Å². The summed E-state index contributed by atoms with van der Waals surface area (Å²) in [5, 5.41) is 3.36. The van der Waals surface area contributed by atoms with Crippen molar-refractivity contribution in [3.8, 4) is 0 Å². The highest BCUT2D eigenvalue weighted by Gasteiger charge is 2.27. The van der Waals surface area contributed by atoms with E-state index in [0.717, 1.165) is 32.2 Å². The van der Waals surface area contributed by atoms with E-state index in [9.17, 15) is 0 Å². The van der Waals surface area contributed by atoms with E-state index in [1.165, 1.54) is 19.3 Å². The zero-order valence-electron chi connectivity index (χ0n) is 8.17. The average molecular weight is 184 g/mol. The van der Waals surface area contributed by atoms with E-state index in [1.54, 1.807) is 0 Å². The third-order valence-electron chi connectivity index (χ3n) is 3.37. The van der Waals surface area contributed by atoms with Gasteiger partial charge in [0.25, 0.3) is 0 Å². The molecule has 2 rings (SSSR count). The lowest BCUT2D eigenvalue weighted by Gasteiger charge is -2.25. The summed E-state index contributed by atoms with van der Waals surface area (Å²) >= 11 is 0. The molecule has 2 atom stereocenters. The van der Waals surface area contributed by atoms with E-state index in [0.29, 0.717) is 12.0 Å². The van der Waals surface area contributed by atoms with Gasteiger partial charge < -0.3 is 15.8 Å². The number of nitrogens with two attached hydrogens (primary N) is 1. The van der Waals surface area contributed by atoms with Crippen LogP contribution in [0.2, 0.25) is 0 Å². The fraction of sp³-hybridized carbons (Fsp3) is 1.00. The molecule has 2 aliphatic heterocycles. The highest BCUT2D eigenvalue weighted by atomic mass is 16.5. The second kappa shape index (κ2) is 4.40. The van der Waals surface area contributed by atoms with Crippen molar-refractivity contribution >= 4 is 0 Å². The van der Waals surface area contributed by atoms with Crippen LogP contribution in [-0.2, 0) is 4.74 Å².